The Balaban J connectivity index is -0.0000000170. The lowest BCUT2D eigenvalue weighted by Gasteiger charge is -2.17. The number of rotatable bonds is 12. The number of ether oxygens (including phenoxy) is 2. The molecule has 0 aliphatic carbocycles. The second kappa shape index (κ2) is 56.4. The van der Waals surface area contributed by atoms with Gasteiger partial charge in [-0.3, -0.25) is 27.3 Å². The molecular formula is C32H100F8O20S6. The van der Waals surface area contributed by atoms with Gasteiger partial charge >= 0.3 is 52.4 Å². The van der Waals surface area contributed by atoms with Gasteiger partial charge in [0.25, 0.3) is 30.4 Å². The molecule has 34 heteroatoms. The van der Waals surface area contributed by atoms with Crippen LogP contribution in [0.3, 0.4) is 0 Å². The Morgan fingerprint density at radius 2 is 0.667 bits per heavy atom. The fraction of sp³-hybridized carbons (Fsp3) is 1.00. The Labute approximate surface area is 400 Å². The van der Waals surface area contributed by atoms with Gasteiger partial charge in [0.05, 0.1) is 11.5 Å². The van der Waals surface area contributed by atoms with E-state index < -0.39 is 95.1 Å². The molecule has 0 aromatic rings. The highest BCUT2D eigenvalue weighted by Gasteiger charge is 2.52. The van der Waals surface area contributed by atoms with Crippen LogP contribution in [-0.2, 0) is 70.2 Å². The van der Waals surface area contributed by atoms with Crippen molar-refractivity contribution in [3.8, 4) is 0 Å². The quantitative estimate of drug-likeness (QED) is 0.0781. The average molecular weight is 1150 g/mol. The molecule has 0 heterocycles. The molecule has 6 N–H and O–H groups in total. The topological polar surface area (TPSA) is 345 Å². The summed E-state index contributed by atoms with van der Waals surface area (Å²) < 4.78 is 263. The summed E-state index contributed by atoms with van der Waals surface area (Å²) in [6.45, 7) is 5.97. The van der Waals surface area contributed by atoms with Gasteiger partial charge in [-0.05, 0) is 20.3 Å². The van der Waals surface area contributed by atoms with Crippen LogP contribution in [0.4, 0.5) is 35.1 Å². The van der Waals surface area contributed by atoms with Crippen LogP contribution in [0.25, 0.3) is 0 Å². The van der Waals surface area contributed by atoms with Crippen molar-refractivity contribution in [1.82, 2.24) is 0 Å². The fourth-order valence-corrected chi connectivity index (χ4v) is 2.40. The third-order valence-corrected chi connectivity index (χ3v) is 7.86. The average Bonchev–Trinajstić information content (AvgIpc) is 2.79. The lowest BCUT2D eigenvalue weighted by Crippen LogP contribution is -2.37. The zero-order chi connectivity index (χ0) is 42.7. The Kier molecular flexibility index (Phi) is 123. The molecule has 440 valence electrons. The van der Waals surface area contributed by atoms with Gasteiger partial charge in [0.2, 0.25) is 0 Å². The third-order valence-electron chi connectivity index (χ3n) is 3.10. The maximum atomic E-state index is 11.9. The Bertz CT molecular complexity index is 1620. The molecule has 0 spiro atoms. The van der Waals surface area contributed by atoms with E-state index in [4.69, 9.17) is 27.3 Å². The van der Waals surface area contributed by atoms with E-state index in [2.05, 4.69) is 9.47 Å². The van der Waals surface area contributed by atoms with Crippen LogP contribution < -0.4 is 0 Å². The smallest absolute Gasteiger partial charge is 0.363 e. The highest BCUT2D eigenvalue weighted by Crippen LogP contribution is 2.30. The molecule has 0 unspecified atom stereocenters. The molecule has 0 aliphatic rings. The van der Waals surface area contributed by atoms with Crippen LogP contribution in [0.15, 0.2) is 0 Å². The SMILES string of the molecule is C.C.C.C.C.C.C.C.C.C.C.C.C.C.C.C.CC(F)(F)OC(F)(F)S(=O)(=O)O.CC(F)(F)S(=O)(=O)O.CCC(F)(F)S(=O)(=O)O.CCCS(=O)(=O)O.CCOCS(=O)(=O)O.CCS(=O)(=O)O. The highest BCUT2D eigenvalue weighted by molar-refractivity contribution is 7.87. The molecule has 0 atom stereocenters. The Morgan fingerprint density at radius 3 is 0.697 bits per heavy atom. The normalized spacial score (nSPS) is 10.0. The van der Waals surface area contributed by atoms with E-state index in [-0.39, 0.29) is 144 Å². The predicted molar refractivity (Wildman–Crippen MR) is 262 cm³/mol. The molecule has 0 saturated heterocycles. The molecule has 0 bridgehead atoms. The highest BCUT2D eigenvalue weighted by atomic mass is 32.2. The lowest BCUT2D eigenvalue weighted by atomic mass is 10.5. The predicted octanol–water partition coefficient (Wildman–Crippen LogP) is 12.6. The number of halogens is 8. The molecule has 0 aliphatic heterocycles. The van der Waals surface area contributed by atoms with E-state index in [0.717, 1.165) is 6.92 Å². The Morgan fingerprint density at radius 1 is 0.424 bits per heavy atom. The monoisotopic (exact) mass is 1150 g/mol. The van der Waals surface area contributed by atoms with Gasteiger partial charge in [0.15, 0.2) is 5.94 Å². The minimum absolute atomic E-state index is 0. The van der Waals surface area contributed by atoms with Gasteiger partial charge < -0.3 is 4.74 Å². The van der Waals surface area contributed by atoms with E-state index >= 15 is 0 Å². The fourth-order valence-electron chi connectivity index (χ4n) is 0.890. The molecule has 0 saturated carbocycles. The second-order valence-electron chi connectivity index (χ2n) is 7.95. The molecule has 0 radical (unpaired) electrons. The third kappa shape index (κ3) is 110. The van der Waals surface area contributed by atoms with E-state index in [1.807, 2.05) is 0 Å². The molecular weight excluding hydrogens is 1050 g/mol. The summed E-state index contributed by atoms with van der Waals surface area (Å²) >= 11 is 0. The van der Waals surface area contributed by atoms with Crippen molar-refractivity contribution in [3.63, 3.8) is 0 Å². The van der Waals surface area contributed by atoms with Gasteiger partial charge in [-0.2, -0.15) is 85.6 Å². The molecule has 0 aromatic heterocycles. The summed E-state index contributed by atoms with van der Waals surface area (Å²) in [5.74, 6) is -0.941. The summed E-state index contributed by atoms with van der Waals surface area (Å²) in [6, 6.07) is 0. The van der Waals surface area contributed by atoms with Crippen molar-refractivity contribution in [2.75, 3.05) is 24.1 Å². The second-order valence-corrected chi connectivity index (χ2v) is 17.3. The minimum atomic E-state index is -5.97. The van der Waals surface area contributed by atoms with E-state index in [1.165, 1.54) is 6.92 Å². The standard InChI is InChI=1S/C3H4F4O4S.C3H6F2O3S.C3H8O4S.C3H8O3S.C2H4F2O3S.C2H6O3S.16CH4/c1-2(4,5)11-3(6,7)12(8,9)10;1-2-3(4,5)9(6,7)8;1-2-7-3-8(4,5)6;1-2-3-7(4,5)6;1-2(3,4)8(5,6)7;1-2-6(3,4)5;;;;;;;;;;;;;;;;/h1H3,(H,8,9,10);2H2,1H3,(H,6,7,8);2-3H2,1H3,(H,4,5,6);2-3H2,1H3,(H,4,5,6);1H3,(H,5,6,7);2H2,1H3,(H,3,4,5);16*1H4. The number of alkyl halides is 8. The first-order valence-electron chi connectivity index (χ1n) is 11.8. The van der Waals surface area contributed by atoms with E-state index in [1.54, 1.807) is 13.8 Å². The first-order chi connectivity index (χ1) is 21.2. The van der Waals surface area contributed by atoms with Gasteiger partial charge in [-0.15, -0.1) is 0 Å². The molecule has 0 amide bonds. The first-order valence-corrected chi connectivity index (χ1v) is 20.9. The van der Waals surface area contributed by atoms with Crippen LogP contribution in [0.2, 0.25) is 0 Å². The van der Waals surface area contributed by atoms with Gasteiger partial charge in [0, 0.05) is 26.9 Å². The number of hydrogen-bond donors (Lipinski definition) is 6. The zero-order valence-corrected chi connectivity index (χ0v) is 31.0. The van der Waals surface area contributed by atoms with Gasteiger partial charge in [-0.25, -0.2) is 4.74 Å². The van der Waals surface area contributed by atoms with E-state index in [9.17, 15) is 85.6 Å². The maximum absolute atomic E-state index is 11.9. The molecule has 20 nitrogen and oxygen atoms in total. The van der Waals surface area contributed by atoms with Crippen molar-refractivity contribution < 1.29 is 122 Å². The summed E-state index contributed by atoms with van der Waals surface area (Å²) in [5.41, 5.74) is -5.30. The van der Waals surface area contributed by atoms with Gasteiger partial charge in [0.1, 0.15) is 0 Å². The summed E-state index contributed by atoms with van der Waals surface area (Å²) in [7, 11) is -27.6. The van der Waals surface area contributed by atoms with E-state index in [0.29, 0.717) is 13.0 Å². The molecule has 66 heavy (non-hydrogen) atoms. The molecule has 0 rings (SSSR count). The van der Waals surface area contributed by atoms with Crippen molar-refractivity contribution in [2.45, 2.75) is 195 Å². The summed E-state index contributed by atoms with van der Waals surface area (Å²) in [4.78, 5) is 0. The Hall–Kier alpha value is -1.18. The van der Waals surface area contributed by atoms with Crippen molar-refractivity contribution in [1.29, 1.82) is 0 Å². The molecule has 0 fully saturated rings. The first kappa shape index (κ1) is 144. The van der Waals surface area contributed by atoms with Crippen LogP contribution in [0.5, 0.6) is 0 Å². The van der Waals surface area contributed by atoms with Gasteiger partial charge in [-0.1, -0.05) is 133 Å². The largest absolute Gasteiger partial charge is 0.492 e. The minimum Gasteiger partial charge on any atom is -0.363 e. The molecule has 0 aromatic carbocycles. The van der Waals surface area contributed by atoms with Crippen LogP contribution >= 0.6 is 0 Å². The summed E-state index contributed by atoms with van der Waals surface area (Å²) in [6.07, 6.45) is -4.79. The lowest BCUT2D eigenvalue weighted by molar-refractivity contribution is -0.331. The van der Waals surface area contributed by atoms with Crippen LogP contribution in [0, 0.1) is 0 Å². The van der Waals surface area contributed by atoms with Crippen LogP contribution in [-0.4, -0.2) is 124 Å². The maximum Gasteiger partial charge on any atom is 0.492 e. The van der Waals surface area contributed by atoms with Crippen LogP contribution in [0.1, 0.15) is 173 Å². The zero-order valence-electron chi connectivity index (χ0n) is 26.1. The van der Waals surface area contributed by atoms with Crippen molar-refractivity contribution >= 4 is 60.7 Å². The van der Waals surface area contributed by atoms with Crippen molar-refractivity contribution in [3.05, 3.63) is 0 Å². The number of hydrogen-bond acceptors (Lipinski definition) is 14. The van der Waals surface area contributed by atoms with Crippen molar-refractivity contribution in [2.24, 2.45) is 0 Å². The summed E-state index contributed by atoms with van der Waals surface area (Å²) in [5, 5.41) is -8.03.